The highest BCUT2D eigenvalue weighted by molar-refractivity contribution is 5.97. The third-order valence-corrected chi connectivity index (χ3v) is 3.80. The van der Waals surface area contributed by atoms with Crippen molar-refractivity contribution in [1.82, 2.24) is 0 Å². The second-order valence-corrected chi connectivity index (χ2v) is 5.73. The lowest BCUT2D eigenvalue weighted by atomic mass is 10.2. The number of hydrogen-bond acceptors (Lipinski definition) is 4. The van der Waals surface area contributed by atoms with E-state index in [9.17, 15) is 0 Å². The Hall–Kier alpha value is -3.98. The molecule has 0 bridgehead atoms. The normalized spacial score (nSPS) is 11.3. The molecule has 3 rings (SSSR count). The highest BCUT2D eigenvalue weighted by Crippen LogP contribution is 2.15. The predicted octanol–water partition coefficient (Wildman–Crippen LogP) is 4.57. The number of nitrogens with one attached hydrogen (secondary N) is 1. The van der Waals surface area contributed by atoms with Crippen molar-refractivity contribution in [3.63, 3.8) is 0 Å². The van der Waals surface area contributed by atoms with Gasteiger partial charge in [0.1, 0.15) is 5.84 Å². The van der Waals surface area contributed by atoms with Gasteiger partial charge in [0.05, 0.1) is 29.6 Å². The summed E-state index contributed by atoms with van der Waals surface area (Å²) in [4.78, 5) is 4.42. The van der Waals surface area contributed by atoms with E-state index in [1.807, 2.05) is 54.6 Å². The molecule has 0 aliphatic heterocycles. The van der Waals surface area contributed by atoms with E-state index in [-0.39, 0.29) is 0 Å². The van der Waals surface area contributed by atoms with Crippen LogP contribution in [0.3, 0.4) is 0 Å². The third kappa shape index (κ3) is 5.25. The van der Waals surface area contributed by atoms with E-state index in [0.717, 1.165) is 16.8 Å². The van der Waals surface area contributed by atoms with Gasteiger partial charge in [0.15, 0.2) is 0 Å². The van der Waals surface area contributed by atoms with Gasteiger partial charge in [-0.1, -0.05) is 35.6 Å². The van der Waals surface area contributed by atoms with Gasteiger partial charge in [-0.2, -0.15) is 5.26 Å². The van der Waals surface area contributed by atoms with Crippen LogP contribution in [-0.4, -0.2) is 5.84 Å². The second kappa shape index (κ2) is 8.92. The molecular weight excluding hydrogens is 336 g/mol. The van der Waals surface area contributed by atoms with E-state index < -0.39 is 0 Å². The highest BCUT2D eigenvalue weighted by Gasteiger charge is 1.99. The Labute approximate surface area is 157 Å². The van der Waals surface area contributed by atoms with Crippen molar-refractivity contribution in [2.45, 2.75) is 6.54 Å². The minimum Gasteiger partial charge on any atom is -0.383 e. The fourth-order valence-corrected chi connectivity index (χ4v) is 2.31. The number of aliphatic imine (C=N–C) groups is 1. The van der Waals surface area contributed by atoms with Crippen LogP contribution in [0.4, 0.5) is 11.4 Å². The first-order chi connectivity index (χ1) is 13.2. The van der Waals surface area contributed by atoms with Crippen molar-refractivity contribution in [1.29, 1.82) is 5.26 Å². The second-order valence-electron chi connectivity index (χ2n) is 5.73. The van der Waals surface area contributed by atoms with Gasteiger partial charge in [-0.25, -0.2) is 0 Å². The Kier molecular flexibility index (Phi) is 5.89. The van der Waals surface area contributed by atoms with Crippen LogP contribution < -0.4 is 11.2 Å². The van der Waals surface area contributed by atoms with Crippen LogP contribution >= 0.6 is 0 Å². The molecular formula is C21H18N6. The molecule has 0 spiro atoms. The molecule has 0 unspecified atom stereocenters. The van der Waals surface area contributed by atoms with Crippen LogP contribution in [0.15, 0.2) is 94.2 Å². The van der Waals surface area contributed by atoms with Gasteiger partial charge in [0, 0.05) is 5.56 Å². The molecule has 6 heteroatoms. The van der Waals surface area contributed by atoms with Crippen molar-refractivity contribution in [2.75, 3.05) is 5.43 Å². The Bertz CT molecular complexity index is 968. The van der Waals surface area contributed by atoms with Crippen molar-refractivity contribution in [3.05, 3.63) is 95.6 Å². The Morgan fingerprint density at radius 3 is 2.30 bits per heavy atom. The summed E-state index contributed by atoms with van der Waals surface area (Å²) in [6.45, 7) is 0.544. The zero-order chi connectivity index (χ0) is 18.9. The van der Waals surface area contributed by atoms with E-state index in [4.69, 9.17) is 11.0 Å². The van der Waals surface area contributed by atoms with E-state index in [1.54, 1.807) is 24.3 Å². The number of nitriles is 1. The first-order valence-electron chi connectivity index (χ1n) is 8.36. The van der Waals surface area contributed by atoms with E-state index in [1.165, 1.54) is 0 Å². The van der Waals surface area contributed by atoms with Crippen molar-refractivity contribution >= 4 is 17.2 Å². The summed E-state index contributed by atoms with van der Waals surface area (Å²) in [6.07, 6.45) is 0. The molecule has 3 aromatic rings. The average molecular weight is 354 g/mol. The van der Waals surface area contributed by atoms with Crippen LogP contribution in [0, 0.1) is 11.3 Å². The number of anilines is 1. The summed E-state index contributed by atoms with van der Waals surface area (Å²) < 4.78 is 0. The minimum atomic E-state index is 0.484. The standard InChI is InChI=1S/C21H18N6/c22-14-16-6-10-19(11-7-16)25-27-26-20-12-8-18(9-13-20)21(23)24-15-17-4-2-1-3-5-17/h1-13H,15H2,(H2,23,24)(H,25,26). The fraction of sp³-hybridized carbons (Fsp3) is 0.0476. The fourth-order valence-electron chi connectivity index (χ4n) is 2.31. The molecule has 0 aliphatic rings. The molecule has 0 aliphatic carbocycles. The molecule has 0 fully saturated rings. The van der Waals surface area contributed by atoms with Crippen LogP contribution in [0.5, 0.6) is 0 Å². The van der Waals surface area contributed by atoms with Gasteiger partial charge in [0.25, 0.3) is 0 Å². The maximum absolute atomic E-state index is 8.78. The molecule has 27 heavy (non-hydrogen) atoms. The highest BCUT2D eigenvalue weighted by atomic mass is 15.4. The minimum absolute atomic E-state index is 0.484. The zero-order valence-electron chi connectivity index (χ0n) is 14.6. The number of nitrogens with zero attached hydrogens (tertiary/aromatic N) is 4. The summed E-state index contributed by atoms with van der Waals surface area (Å²) in [5.41, 5.74) is 12.9. The summed E-state index contributed by atoms with van der Waals surface area (Å²) in [5, 5.41) is 16.8. The van der Waals surface area contributed by atoms with E-state index in [0.29, 0.717) is 23.6 Å². The molecule has 0 amide bonds. The maximum atomic E-state index is 8.78. The molecule has 0 radical (unpaired) electrons. The number of amidine groups is 1. The lowest BCUT2D eigenvalue weighted by Crippen LogP contribution is -2.13. The van der Waals surface area contributed by atoms with Crippen LogP contribution in [-0.2, 0) is 6.54 Å². The first kappa shape index (κ1) is 17.8. The van der Waals surface area contributed by atoms with Gasteiger partial charge < -0.3 is 5.73 Å². The van der Waals surface area contributed by atoms with Crippen LogP contribution in [0.1, 0.15) is 16.7 Å². The summed E-state index contributed by atoms with van der Waals surface area (Å²) in [7, 11) is 0. The van der Waals surface area contributed by atoms with Crippen LogP contribution in [0.25, 0.3) is 0 Å². The lowest BCUT2D eigenvalue weighted by Gasteiger charge is -2.02. The predicted molar refractivity (Wildman–Crippen MR) is 107 cm³/mol. The number of nitrogens with two attached hydrogens (primary N) is 1. The molecule has 3 aromatic carbocycles. The Balaban J connectivity index is 1.58. The molecule has 0 saturated carbocycles. The largest absolute Gasteiger partial charge is 0.383 e. The molecule has 0 atom stereocenters. The Morgan fingerprint density at radius 2 is 1.63 bits per heavy atom. The molecule has 0 saturated heterocycles. The smallest absolute Gasteiger partial charge is 0.125 e. The van der Waals surface area contributed by atoms with Crippen molar-refractivity contribution < 1.29 is 0 Å². The lowest BCUT2D eigenvalue weighted by molar-refractivity contribution is 1.06. The maximum Gasteiger partial charge on any atom is 0.125 e. The molecule has 0 heterocycles. The summed E-state index contributed by atoms with van der Waals surface area (Å²) in [5.74, 6) is 0.484. The summed E-state index contributed by atoms with van der Waals surface area (Å²) >= 11 is 0. The molecule has 3 N–H and O–H groups in total. The van der Waals surface area contributed by atoms with E-state index >= 15 is 0 Å². The topological polar surface area (TPSA) is 98.9 Å². The average Bonchev–Trinajstić information content (AvgIpc) is 2.74. The quantitative estimate of drug-likeness (QED) is 0.293. The monoisotopic (exact) mass is 354 g/mol. The van der Waals surface area contributed by atoms with Crippen molar-refractivity contribution in [2.24, 2.45) is 21.1 Å². The number of benzene rings is 3. The van der Waals surface area contributed by atoms with Gasteiger partial charge in [-0.15, -0.1) is 5.11 Å². The van der Waals surface area contributed by atoms with Gasteiger partial charge in [-0.05, 0) is 54.1 Å². The Morgan fingerprint density at radius 1 is 0.926 bits per heavy atom. The van der Waals surface area contributed by atoms with Gasteiger partial charge in [-0.3, -0.25) is 10.4 Å². The molecule has 0 aromatic heterocycles. The SMILES string of the molecule is N#Cc1ccc(NN=Nc2ccc(C(N)=NCc3ccccc3)cc2)cc1. The summed E-state index contributed by atoms with van der Waals surface area (Å²) in [6, 6.07) is 26.4. The number of rotatable bonds is 6. The van der Waals surface area contributed by atoms with Crippen molar-refractivity contribution in [3.8, 4) is 6.07 Å². The first-order valence-corrected chi connectivity index (χ1v) is 8.36. The van der Waals surface area contributed by atoms with Gasteiger partial charge in [0.2, 0.25) is 0 Å². The molecule has 6 nitrogen and oxygen atoms in total. The van der Waals surface area contributed by atoms with Crippen LogP contribution in [0.2, 0.25) is 0 Å². The molecule has 132 valence electrons. The zero-order valence-corrected chi connectivity index (χ0v) is 14.6. The number of hydrogen-bond donors (Lipinski definition) is 2. The van der Waals surface area contributed by atoms with E-state index in [2.05, 4.69) is 26.8 Å². The van der Waals surface area contributed by atoms with Gasteiger partial charge >= 0.3 is 0 Å². The third-order valence-electron chi connectivity index (χ3n) is 3.80.